The Bertz CT molecular complexity index is 593. The summed E-state index contributed by atoms with van der Waals surface area (Å²) in [5, 5.41) is 3.04. The number of benzene rings is 2. The quantitative estimate of drug-likeness (QED) is 0.883. The third-order valence-electron chi connectivity index (χ3n) is 3.35. The van der Waals surface area contributed by atoms with Gasteiger partial charge in [-0.15, -0.1) is 0 Å². The number of nitrogens with one attached hydrogen (secondary N) is 1. The minimum atomic E-state index is -0.352. The molecule has 0 spiro atoms. The molecule has 0 saturated carbocycles. The number of hydrogen-bond donors (Lipinski definition) is 1. The van der Waals surface area contributed by atoms with Crippen LogP contribution in [-0.4, -0.2) is 7.05 Å². The summed E-state index contributed by atoms with van der Waals surface area (Å²) >= 11 is 0. The van der Waals surface area contributed by atoms with Gasteiger partial charge in [-0.1, -0.05) is 30.3 Å². The van der Waals surface area contributed by atoms with E-state index in [1.54, 1.807) is 39.1 Å². The second-order valence-corrected chi connectivity index (χ2v) is 4.71. The third kappa shape index (κ3) is 2.66. The van der Waals surface area contributed by atoms with Gasteiger partial charge in [0.25, 0.3) is 0 Å². The van der Waals surface area contributed by atoms with E-state index in [-0.39, 0.29) is 17.7 Å². The lowest BCUT2D eigenvalue weighted by Gasteiger charge is -2.19. The maximum atomic E-state index is 14.2. The smallest absolute Gasteiger partial charge is 0.131 e. The highest BCUT2D eigenvalue weighted by Gasteiger charge is 2.17. The van der Waals surface area contributed by atoms with Gasteiger partial charge in [-0.3, -0.25) is 0 Å². The van der Waals surface area contributed by atoms with E-state index < -0.39 is 0 Å². The molecule has 3 heteroatoms. The summed E-state index contributed by atoms with van der Waals surface area (Å²) in [7, 11) is 1.74. The first-order valence-corrected chi connectivity index (χ1v) is 6.23. The van der Waals surface area contributed by atoms with E-state index in [1.165, 1.54) is 6.07 Å². The molecule has 0 heterocycles. The molecule has 2 rings (SSSR count). The van der Waals surface area contributed by atoms with Crippen LogP contribution in [0.15, 0.2) is 36.4 Å². The van der Waals surface area contributed by atoms with Crippen molar-refractivity contribution in [3.05, 3.63) is 70.3 Å². The van der Waals surface area contributed by atoms with Crippen molar-refractivity contribution < 1.29 is 8.78 Å². The Labute approximate surface area is 112 Å². The molecule has 0 amide bonds. The van der Waals surface area contributed by atoms with Crippen LogP contribution in [0, 0.1) is 25.5 Å². The highest BCUT2D eigenvalue weighted by Crippen LogP contribution is 2.26. The van der Waals surface area contributed by atoms with Crippen molar-refractivity contribution in [2.75, 3.05) is 7.05 Å². The lowest BCUT2D eigenvalue weighted by Crippen LogP contribution is -2.19. The lowest BCUT2D eigenvalue weighted by molar-refractivity contribution is 0.564. The molecule has 100 valence electrons. The minimum absolute atomic E-state index is 0.247. The van der Waals surface area contributed by atoms with Gasteiger partial charge in [-0.2, -0.15) is 0 Å². The van der Waals surface area contributed by atoms with Gasteiger partial charge in [0.2, 0.25) is 0 Å². The van der Waals surface area contributed by atoms with Gasteiger partial charge in [-0.05, 0) is 43.7 Å². The van der Waals surface area contributed by atoms with Gasteiger partial charge in [0.15, 0.2) is 0 Å². The summed E-state index contributed by atoms with van der Waals surface area (Å²) in [5.74, 6) is -0.520. The fourth-order valence-corrected chi connectivity index (χ4v) is 2.18. The minimum Gasteiger partial charge on any atom is -0.309 e. The van der Waals surface area contributed by atoms with Gasteiger partial charge in [0.05, 0.1) is 6.04 Å². The zero-order valence-corrected chi connectivity index (χ0v) is 11.3. The number of hydrogen-bond acceptors (Lipinski definition) is 1. The summed E-state index contributed by atoms with van der Waals surface area (Å²) in [5.41, 5.74) is 2.43. The molecule has 1 N–H and O–H groups in total. The van der Waals surface area contributed by atoms with Crippen LogP contribution in [0.5, 0.6) is 0 Å². The molecule has 0 fully saturated rings. The van der Waals surface area contributed by atoms with Crippen molar-refractivity contribution >= 4 is 0 Å². The van der Waals surface area contributed by atoms with Crippen LogP contribution < -0.4 is 5.32 Å². The van der Waals surface area contributed by atoms with E-state index in [1.807, 2.05) is 12.1 Å². The van der Waals surface area contributed by atoms with Gasteiger partial charge >= 0.3 is 0 Å². The highest BCUT2D eigenvalue weighted by atomic mass is 19.1. The van der Waals surface area contributed by atoms with Crippen molar-refractivity contribution in [2.45, 2.75) is 19.9 Å². The molecule has 0 aliphatic carbocycles. The predicted molar refractivity (Wildman–Crippen MR) is 73.2 cm³/mol. The first-order valence-electron chi connectivity index (χ1n) is 6.23. The number of halogens is 2. The fraction of sp³-hybridized carbons (Fsp3) is 0.250. The van der Waals surface area contributed by atoms with E-state index >= 15 is 0 Å². The summed E-state index contributed by atoms with van der Waals surface area (Å²) in [6, 6.07) is 9.89. The molecule has 2 aromatic rings. The molecular formula is C16H17F2N. The van der Waals surface area contributed by atoms with E-state index in [0.717, 1.165) is 5.56 Å². The SMILES string of the molecule is CNC(c1ccc(C)c(F)c1)c1cccc(C)c1F. The second kappa shape index (κ2) is 5.49. The summed E-state index contributed by atoms with van der Waals surface area (Å²) in [4.78, 5) is 0. The largest absolute Gasteiger partial charge is 0.309 e. The first-order chi connectivity index (χ1) is 9.04. The fourth-order valence-electron chi connectivity index (χ4n) is 2.18. The molecule has 1 unspecified atom stereocenters. The van der Waals surface area contributed by atoms with Crippen LogP contribution in [0.4, 0.5) is 8.78 Å². The second-order valence-electron chi connectivity index (χ2n) is 4.71. The molecule has 1 nitrogen and oxygen atoms in total. The standard InChI is InChI=1S/C16H17F2N/c1-10-7-8-12(9-14(10)17)16(19-3)13-6-4-5-11(2)15(13)18/h4-9,16,19H,1-3H3. The molecule has 0 aliphatic heterocycles. The van der Waals surface area contributed by atoms with E-state index in [2.05, 4.69) is 5.32 Å². The van der Waals surface area contributed by atoms with Crippen molar-refractivity contribution in [1.29, 1.82) is 0 Å². The Kier molecular flexibility index (Phi) is 3.96. The van der Waals surface area contributed by atoms with Crippen molar-refractivity contribution in [3.8, 4) is 0 Å². The Balaban J connectivity index is 2.50. The van der Waals surface area contributed by atoms with Crippen LogP contribution in [-0.2, 0) is 0 Å². The number of aryl methyl sites for hydroxylation is 2. The van der Waals surface area contributed by atoms with Crippen LogP contribution in [0.2, 0.25) is 0 Å². The molecule has 0 aromatic heterocycles. The van der Waals surface area contributed by atoms with Crippen molar-refractivity contribution in [3.63, 3.8) is 0 Å². The van der Waals surface area contributed by atoms with Crippen LogP contribution in [0.3, 0.4) is 0 Å². The third-order valence-corrected chi connectivity index (χ3v) is 3.35. The molecule has 1 atom stereocenters. The summed E-state index contributed by atoms with van der Waals surface area (Å²) in [6.07, 6.45) is 0. The molecular weight excluding hydrogens is 244 g/mol. The van der Waals surface area contributed by atoms with E-state index in [4.69, 9.17) is 0 Å². The Morgan fingerprint density at radius 3 is 2.37 bits per heavy atom. The topological polar surface area (TPSA) is 12.0 Å². The maximum Gasteiger partial charge on any atom is 0.131 e. The maximum absolute atomic E-state index is 14.2. The van der Waals surface area contributed by atoms with Gasteiger partial charge < -0.3 is 5.32 Å². The van der Waals surface area contributed by atoms with E-state index in [9.17, 15) is 8.78 Å². The average molecular weight is 261 g/mol. The van der Waals surface area contributed by atoms with Gasteiger partial charge in [0.1, 0.15) is 11.6 Å². The lowest BCUT2D eigenvalue weighted by atomic mass is 9.96. The highest BCUT2D eigenvalue weighted by molar-refractivity contribution is 5.36. The molecule has 0 aliphatic rings. The van der Waals surface area contributed by atoms with Crippen LogP contribution in [0.1, 0.15) is 28.3 Å². The zero-order chi connectivity index (χ0) is 14.0. The van der Waals surface area contributed by atoms with Crippen LogP contribution in [0.25, 0.3) is 0 Å². The van der Waals surface area contributed by atoms with Gasteiger partial charge in [0, 0.05) is 5.56 Å². The Morgan fingerprint density at radius 1 is 1.00 bits per heavy atom. The van der Waals surface area contributed by atoms with Crippen LogP contribution >= 0.6 is 0 Å². The normalized spacial score (nSPS) is 12.5. The Hall–Kier alpha value is -1.74. The summed E-state index contributed by atoms with van der Waals surface area (Å²) < 4.78 is 27.8. The molecule has 19 heavy (non-hydrogen) atoms. The predicted octanol–water partition coefficient (Wildman–Crippen LogP) is 3.89. The average Bonchev–Trinajstić information content (AvgIpc) is 2.39. The Morgan fingerprint density at radius 2 is 1.74 bits per heavy atom. The zero-order valence-electron chi connectivity index (χ0n) is 11.3. The van der Waals surface area contributed by atoms with Gasteiger partial charge in [-0.25, -0.2) is 8.78 Å². The molecule has 0 radical (unpaired) electrons. The summed E-state index contributed by atoms with van der Waals surface area (Å²) in [6.45, 7) is 3.43. The first kappa shape index (κ1) is 13.7. The number of rotatable bonds is 3. The molecule has 2 aromatic carbocycles. The van der Waals surface area contributed by atoms with E-state index in [0.29, 0.717) is 16.7 Å². The van der Waals surface area contributed by atoms with Crippen molar-refractivity contribution in [1.82, 2.24) is 5.32 Å². The molecule has 0 saturated heterocycles. The molecule has 0 bridgehead atoms. The monoisotopic (exact) mass is 261 g/mol. The van der Waals surface area contributed by atoms with Crippen molar-refractivity contribution in [2.24, 2.45) is 0 Å².